The van der Waals surface area contributed by atoms with E-state index >= 15 is 0 Å². The molecule has 4 heteroatoms. The summed E-state index contributed by atoms with van der Waals surface area (Å²) >= 11 is 0. The molecule has 0 aromatic carbocycles. The lowest BCUT2D eigenvalue weighted by atomic mass is 10.2. The van der Waals surface area contributed by atoms with Crippen LogP contribution in [0, 0.1) is 5.41 Å². The fraction of sp³-hybridized carbons (Fsp3) is 0.818. The average Bonchev–Trinajstić information content (AvgIpc) is 2.75. The molecular formula is C11H20N2O2. The largest absolute Gasteiger partial charge is 0.376 e. The molecule has 0 aromatic heterocycles. The Morgan fingerprint density at radius 3 is 3.00 bits per heavy atom. The Balaban J connectivity index is 2.39. The minimum absolute atomic E-state index is 0.160. The van der Waals surface area contributed by atoms with Crippen molar-refractivity contribution in [2.75, 3.05) is 19.7 Å². The van der Waals surface area contributed by atoms with Gasteiger partial charge in [-0.3, -0.25) is 4.79 Å². The van der Waals surface area contributed by atoms with Crippen molar-refractivity contribution < 1.29 is 9.53 Å². The number of amides is 1. The van der Waals surface area contributed by atoms with Crippen LogP contribution in [-0.2, 0) is 9.53 Å². The molecule has 1 saturated heterocycles. The van der Waals surface area contributed by atoms with E-state index in [0.717, 1.165) is 19.4 Å². The number of nitrogens with zero attached hydrogens (tertiary/aromatic N) is 1. The van der Waals surface area contributed by atoms with Gasteiger partial charge >= 0.3 is 0 Å². The highest BCUT2D eigenvalue weighted by Gasteiger charge is 2.21. The van der Waals surface area contributed by atoms with Gasteiger partial charge in [0.1, 0.15) is 0 Å². The summed E-state index contributed by atoms with van der Waals surface area (Å²) in [5.74, 6) is 0.160. The third-order valence-corrected chi connectivity index (χ3v) is 2.65. The average molecular weight is 212 g/mol. The number of ether oxygens (including phenoxy) is 1. The molecule has 0 spiro atoms. The molecule has 1 fully saturated rings. The molecule has 1 aliphatic heterocycles. The summed E-state index contributed by atoms with van der Waals surface area (Å²) in [5.41, 5.74) is 0. The van der Waals surface area contributed by atoms with Crippen LogP contribution in [0.4, 0.5) is 0 Å². The molecule has 1 aliphatic rings. The van der Waals surface area contributed by atoms with Crippen LogP contribution in [0.1, 0.15) is 32.6 Å². The van der Waals surface area contributed by atoms with Gasteiger partial charge in [-0.1, -0.05) is 6.92 Å². The van der Waals surface area contributed by atoms with Crippen molar-refractivity contribution in [2.24, 2.45) is 0 Å². The highest BCUT2D eigenvalue weighted by atomic mass is 16.5. The molecule has 1 unspecified atom stereocenters. The number of hydrogen-bond donors (Lipinski definition) is 1. The van der Waals surface area contributed by atoms with Crippen molar-refractivity contribution in [1.29, 1.82) is 5.41 Å². The van der Waals surface area contributed by atoms with Gasteiger partial charge in [0.05, 0.1) is 6.10 Å². The highest BCUT2D eigenvalue weighted by molar-refractivity contribution is 5.76. The first-order chi connectivity index (χ1) is 7.27. The van der Waals surface area contributed by atoms with Crippen LogP contribution in [0.15, 0.2) is 0 Å². The highest BCUT2D eigenvalue weighted by Crippen LogP contribution is 2.13. The second-order valence-corrected chi connectivity index (χ2v) is 3.82. The van der Waals surface area contributed by atoms with E-state index in [-0.39, 0.29) is 12.0 Å². The van der Waals surface area contributed by atoms with Crippen LogP contribution in [0.5, 0.6) is 0 Å². The zero-order chi connectivity index (χ0) is 11.1. The van der Waals surface area contributed by atoms with E-state index in [0.29, 0.717) is 25.9 Å². The molecule has 0 aliphatic carbocycles. The summed E-state index contributed by atoms with van der Waals surface area (Å²) in [5, 5.41) is 6.98. The van der Waals surface area contributed by atoms with E-state index in [9.17, 15) is 4.79 Å². The van der Waals surface area contributed by atoms with Gasteiger partial charge in [0.25, 0.3) is 0 Å². The van der Waals surface area contributed by atoms with Crippen LogP contribution >= 0.6 is 0 Å². The number of carbonyl (C=O) groups is 1. The zero-order valence-corrected chi connectivity index (χ0v) is 9.37. The van der Waals surface area contributed by atoms with Crippen LogP contribution in [0.2, 0.25) is 0 Å². The van der Waals surface area contributed by atoms with Gasteiger partial charge in [0.2, 0.25) is 5.91 Å². The Bertz CT molecular complexity index is 213. The number of hydrogen-bond acceptors (Lipinski definition) is 3. The minimum Gasteiger partial charge on any atom is -0.376 e. The standard InChI is InChI=1S/C11H20N2O2/c1-2-11(14)13(7-4-6-12)9-10-5-3-8-15-10/h6,10,12H,2-5,7-9H2,1H3. The topological polar surface area (TPSA) is 53.4 Å². The molecule has 1 amide bonds. The molecule has 1 atom stereocenters. The van der Waals surface area contributed by atoms with Gasteiger partial charge in [-0.15, -0.1) is 0 Å². The van der Waals surface area contributed by atoms with Gasteiger partial charge in [-0.25, -0.2) is 0 Å². The smallest absolute Gasteiger partial charge is 0.222 e. The lowest BCUT2D eigenvalue weighted by Crippen LogP contribution is -2.37. The van der Waals surface area contributed by atoms with Gasteiger partial charge in [-0.05, 0) is 25.5 Å². The molecule has 1 rings (SSSR count). The van der Waals surface area contributed by atoms with Crippen molar-refractivity contribution in [3.63, 3.8) is 0 Å². The Hall–Kier alpha value is -0.900. The van der Waals surface area contributed by atoms with Crippen LogP contribution in [-0.4, -0.2) is 42.8 Å². The zero-order valence-electron chi connectivity index (χ0n) is 9.37. The first-order valence-electron chi connectivity index (χ1n) is 5.66. The Morgan fingerprint density at radius 1 is 1.67 bits per heavy atom. The van der Waals surface area contributed by atoms with Gasteiger partial charge < -0.3 is 15.0 Å². The van der Waals surface area contributed by atoms with E-state index < -0.39 is 0 Å². The predicted octanol–water partition coefficient (Wildman–Crippen LogP) is 1.44. The molecule has 0 saturated carbocycles. The number of carbonyl (C=O) groups excluding carboxylic acids is 1. The molecule has 1 N–H and O–H groups in total. The van der Waals surface area contributed by atoms with Gasteiger partial charge in [0.15, 0.2) is 0 Å². The Kier molecular flexibility index (Phi) is 5.32. The Labute approximate surface area is 91.1 Å². The van der Waals surface area contributed by atoms with Crippen molar-refractivity contribution in [1.82, 2.24) is 4.90 Å². The molecule has 0 bridgehead atoms. The molecule has 15 heavy (non-hydrogen) atoms. The first-order valence-corrected chi connectivity index (χ1v) is 5.66. The third kappa shape index (κ3) is 4.00. The van der Waals surface area contributed by atoms with Gasteiger partial charge in [-0.2, -0.15) is 0 Å². The monoisotopic (exact) mass is 212 g/mol. The van der Waals surface area contributed by atoms with Crippen molar-refractivity contribution >= 4 is 12.1 Å². The normalized spacial score (nSPS) is 20.2. The molecule has 0 radical (unpaired) electrons. The van der Waals surface area contributed by atoms with Crippen molar-refractivity contribution in [3.05, 3.63) is 0 Å². The molecular weight excluding hydrogens is 192 g/mol. The van der Waals surface area contributed by atoms with E-state index in [1.807, 2.05) is 11.8 Å². The van der Waals surface area contributed by atoms with E-state index in [1.54, 1.807) is 0 Å². The molecule has 0 aromatic rings. The van der Waals surface area contributed by atoms with Crippen LogP contribution in [0.25, 0.3) is 0 Å². The summed E-state index contributed by atoms with van der Waals surface area (Å²) < 4.78 is 5.51. The maximum atomic E-state index is 11.6. The maximum Gasteiger partial charge on any atom is 0.222 e. The summed E-state index contributed by atoms with van der Waals surface area (Å²) in [7, 11) is 0. The first kappa shape index (κ1) is 12.2. The second kappa shape index (κ2) is 6.56. The number of nitrogens with one attached hydrogen (secondary N) is 1. The molecule has 4 nitrogen and oxygen atoms in total. The van der Waals surface area contributed by atoms with E-state index in [1.165, 1.54) is 6.21 Å². The van der Waals surface area contributed by atoms with Crippen LogP contribution < -0.4 is 0 Å². The summed E-state index contributed by atoms with van der Waals surface area (Å²) in [6.07, 6.45) is 4.89. The lowest BCUT2D eigenvalue weighted by Gasteiger charge is -2.24. The predicted molar refractivity (Wildman–Crippen MR) is 59.2 cm³/mol. The SMILES string of the molecule is CCC(=O)N(CCC=N)CC1CCCO1. The van der Waals surface area contributed by atoms with E-state index in [4.69, 9.17) is 10.1 Å². The number of rotatable bonds is 6. The van der Waals surface area contributed by atoms with Crippen LogP contribution in [0.3, 0.4) is 0 Å². The molecule has 1 heterocycles. The Morgan fingerprint density at radius 2 is 2.47 bits per heavy atom. The fourth-order valence-electron chi connectivity index (χ4n) is 1.80. The fourth-order valence-corrected chi connectivity index (χ4v) is 1.80. The third-order valence-electron chi connectivity index (χ3n) is 2.65. The minimum atomic E-state index is 0.160. The lowest BCUT2D eigenvalue weighted by molar-refractivity contribution is -0.132. The maximum absolute atomic E-state index is 11.6. The van der Waals surface area contributed by atoms with Crippen molar-refractivity contribution in [2.45, 2.75) is 38.7 Å². The van der Waals surface area contributed by atoms with Gasteiger partial charge in [0, 0.05) is 26.1 Å². The summed E-state index contributed by atoms with van der Waals surface area (Å²) in [4.78, 5) is 13.4. The quantitative estimate of drug-likeness (QED) is 0.677. The summed E-state index contributed by atoms with van der Waals surface area (Å²) in [6, 6.07) is 0. The van der Waals surface area contributed by atoms with Crippen molar-refractivity contribution in [3.8, 4) is 0 Å². The summed E-state index contributed by atoms with van der Waals surface area (Å²) in [6.45, 7) is 4.04. The second-order valence-electron chi connectivity index (χ2n) is 3.82. The molecule has 86 valence electrons. The van der Waals surface area contributed by atoms with E-state index in [2.05, 4.69) is 0 Å².